The maximum absolute atomic E-state index is 12.3. The summed E-state index contributed by atoms with van der Waals surface area (Å²) in [6, 6.07) is 5.62. The van der Waals surface area contributed by atoms with Crippen LogP contribution in [-0.2, 0) is 11.3 Å². The zero-order valence-corrected chi connectivity index (χ0v) is 15.0. The van der Waals surface area contributed by atoms with Crippen LogP contribution in [0.3, 0.4) is 0 Å². The Bertz CT molecular complexity index is 973. The molecule has 4 rings (SSSR count). The summed E-state index contributed by atoms with van der Waals surface area (Å²) in [5.74, 6) is 1.26. The van der Waals surface area contributed by atoms with Crippen LogP contribution in [0, 0.1) is 6.92 Å². The number of amides is 1. The summed E-state index contributed by atoms with van der Waals surface area (Å²) in [4.78, 5) is 12.3. The zero-order valence-electron chi connectivity index (χ0n) is 15.0. The lowest BCUT2D eigenvalue weighted by atomic mass is 10.2. The van der Waals surface area contributed by atoms with Crippen molar-refractivity contribution in [2.75, 3.05) is 12.1 Å². The molecular formula is C18H21N5O3. The van der Waals surface area contributed by atoms with Gasteiger partial charge in [-0.05, 0) is 32.9 Å². The fraction of sp³-hybridized carbons (Fsp3) is 0.389. The molecule has 0 saturated carbocycles. The van der Waals surface area contributed by atoms with Crippen LogP contribution < -0.4 is 14.8 Å². The highest BCUT2D eigenvalue weighted by Crippen LogP contribution is 2.34. The van der Waals surface area contributed by atoms with Gasteiger partial charge in [-0.1, -0.05) is 0 Å². The summed E-state index contributed by atoms with van der Waals surface area (Å²) >= 11 is 0. The number of fused-ring (bicyclic) bond motifs is 2. The van der Waals surface area contributed by atoms with E-state index in [-0.39, 0.29) is 18.7 Å². The highest BCUT2D eigenvalue weighted by Gasteiger charge is 2.17. The van der Waals surface area contributed by atoms with Crippen molar-refractivity contribution in [3.05, 3.63) is 30.1 Å². The number of benzene rings is 1. The maximum Gasteiger partial charge on any atom is 0.231 e. The maximum atomic E-state index is 12.3. The van der Waals surface area contributed by atoms with Crippen molar-refractivity contribution in [3.8, 4) is 11.5 Å². The molecule has 0 spiro atoms. The van der Waals surface area contributed by atoms with Gasteiger partial charge in [-0.2, -0.15) is 10.2 Å². The van der Waals surface area contributed by atoms with Gasteiger partial charge < -0.3 is 14.8 Å². The number of nitrogens with zero attached hydrogens (tertiary/aromatic N) is 4. The van der Waals surface area contributed by atoms with Gasteiger partial charge >= 0.3 is 0 Å². The Balaban J connectivity index is 1.44. The van der Waals surface area contributed by atoms with Gasteiger partial charge in [0.25, 0.3) is 0 Å². The summed E-state index contributed by atoms with van der Waals surface area (Å²) in [6.07, 6.45) is 2.13. The molecule has 0 aliphatic carbocycles. The molecule has 3 heterocycles. The first-order valence-electron chi connectivity index (χ1n) is 8.63. The van der Waals surface area contributed by atoms with Crippen LogP contribution in [-0.4, -0.2) is 32.3 Å². The molecule has 1 aromatic carbocycles. The minimum absolute atomic E-state index is 0.0820. The van der Waals surface area contributed by atoms with Gasteiger partial charge in [0.05, 0.1) is 18.4 Å². The third kappa shape index (κ3) is 2.87. The molecule has 0 atom stereocenters. The minimum Gasteiger partial charge on any atom is -0.454 e. The molecule has 0 bridgehead atoms. The lowest BCUT2D eigenvalue weighted by Gasteiger charge is -2.07. The smallest absolute Gasteiger partial charge is 0.231 e. The highest BCUT2D eigenvalue weighted by atomic mass is 16.7. The molecule has 8 nitrogen and oxygen atoms in total. The average molecular weight is 355 g/mol. The third-order valence-electron chi connectivity index (χ3n) is 4.36. The lowest BCUT2D eigenvalue weighted by molar-refractivity contribution is -0.116. The second-order valence-corrected chi connectivity index (χ2v) is 6.59. The topological polar surface area (TPSA) is 83.2 Å². The van der Waals surface area contributed by atoms with Gasteiger partial charge in [0, 0.05) is 24.2 Å². The predicted octanol–water partition coefficient (Wildman–Crippen LogP) is 2.88. The Kier molecular flexibility index (Phi) is 4.02. The van der Waals surface area contributed by atoms with Crippen molar-refractivity contribution in [1.29, 1.82) is 0 Å². The van der Waals surface area contributed by atoms with E-state index in [2.05, 4.69) is 29.4 Å². The van der Waals surface area contributed by atoms with E-state index in [1.54, 1.807) is 18.2 Å². The molecule has 0 fully saturated rings. The van der Waals surface area contributed by atoms with Crippen LogP contribution in [0.5, 0.6) is 11.5 Å². The van der Waals surface area contributed by atoms with E-state index in [9.17, 15) is 4.79 Å². The number of aryl methyl sites for hydroxylation is 2. The number of carbonyl (C=O) groups excluding carboxylic acids is 1. The lowest BCUT2D eigenvalue weighted by Crippen LogP contribution is -2.15. The summed E-state index contributed by atoms with van der Waals surface area (Å²) in [6.45, 7) is 6.84. The third-order valence-corrected chi connectivity index (χ3v) is 4.36. The van der Waals surface area contributed by atoms with E-state index >= 15 is 0 Å². The second-order valence-electron chi connectivity index (χ2n) is 6.59. The van der Waals surface area contributed by atoms with Gasteiger partial charge in [-0.3, -0.25) is 14.2 Å². The number of ether oxygens (including phenoxy) is 2. The van der Waals surface area contributed by atoms with Crippen LogP contribution in [0.4, 0.5) is 5.69 Å². The SMILES string of the molecule is Cc1nn(C(C)C)c2cnn(CCC(=O)Nc3ccc4c(c3)OCO4)c12. The number of carbonyl (C=O) groups is 1. The first-order chi connectivity index (χ1) is 12.5. The molecule has 1 N–H and O–H groups in total. The Hall–Kier alpha value is -3.03. The summed E-state index contributed by atoms with van der Waals surface area (Å²) < 4.78 is 14.4. The van der Waals surface area contributed by atoms with Crippen LogP contribution in [0.1, 0.15) is 32.0 Å². The number of anilines is 1. The van der Waals surface area contributed by atoms with E-state index in [0.29, 0.717) is 30.2 Å². The minimum atomic E-state index is -0.0820. The molecule has 8 heteroatoms. The molecule has 3 aromatic rings. The van der Waals surface area contributed by atoms with E-state index in [1.807, 2.05) is 22.5 Å². The molecule has 26 heavy (non-hydrogen) atoms. The Morgan fingerprint density at radius 1 is 1.31 bits per heavy atom. The Morgan fingerprint density at radius 3 is 2.92 bits per heavy atom. The van der Waals surface area contributed by atoms with Crippen molar-refractivity contribution in [2.45, 2.75) is 39.8 Å². The first-order valence-corrected chi connectivity index (χ1v) is 8.63. The van der Waals surface area contributed by atoms with Gasteiger partial charge in [-0.15, -0.1) is 0 Å². The second kappa shape index (κ2) is 6.36. The number of hydrogen-bond donors (Lipinski definition) is 1. The normalized spacial score (nSPS) is 12.9. The molecule has 136 valence electrons. The van der Waals surface area contributed by atoms with E-state index in [4.69, 9.17) is 9.47 Å². The molecule has 0 saturated heterocycles. The fourth-order valence-corrected chi connectivity index (χ4v) is 3.15. The van der Waals surface area contributed by atoms with Crippen LogP contribution in [0.15, 0.2) is 24.4 Å². The summed E-state index contributed by atoms with van der Waals surface area (Å²) in [7, 11) is 0. The largest absolute Gasteiger partial charge is 0.454 e. The van der Waals surface area contributed by atoms with Gasteiger partial charge in [-0.25, -0.2) is 0 Å². The quantitative estimate of drug-likeness (QED) is 0.761. The van der Waals surface area contributed by atoms with Crippen LogP contribution in [0.25, 0.3) is 11.0 Å². The first kappa shape index (κ1) is 16.4. The molecule has 2 aromatic heterocycles. The molecule has 1 aliphatic heterocycles. The molecular weight excluding hydrogens is 334 g/mol. The standard InChI is InChI=1S/C18H21N5O3/c1-11(2)23-14-9-19-22(18(14)12(3)21-23)7-6-17(24)20-13-4-5-15-16(8-13)26-10-25-15/h4-5,8-9,11H,6-7,10H2,1-3H3,(H,20,24). The number of hydrogen-bond acceptors (Lipinski definition) is 5. The summed E-state index contributed by atoms with van der Waals surface area (Å²) in [5, 5.41) is 11.9. The van der Waals surface area contributed by atoms with Crippen molar-refractivity contribution in [3.63, 3.8) is 0 Å². The predicted molar refractivity (Wildman–Crippen MR) is 96.5 cm³/mol. The van der Waals surface area contributed by atoms with Crippen LogP contribution in [0.2, 0.25) is 0 Å². The van der Waals surface area contributed by atoms with Gasteiger partial charge in [0.15, 0.2) is 11.5 Å². The van der Waals surface area contributed by atoms with E-state index < -0.39 is 0 Å². The molecule has 1 amide bonds. The number of aromatic nitrogens is 4. The number of nitrogens with one attached hydrogen (secondary N) is 1. The van der Waals surface area contributed by atoms with Crippen molar-refractivity contribution >= 4 is 22.6 Å². The van der Waals surface area contributed by atoms with Crippen LogP contribution >= 0.6 is 0 Å². The van der Waals surface area contributed by atoms with Gasteiger partial charge in [0.2, 0.25) is 12.7 Å². The fourth-order valence-electron chi connectivity index (χ4n) is 3.15. The molecule has 0 unspecified atom stereocenters. The molecule has 0 radical (unpaired) electrons. The van der Waals surface area contributed by atoms with E-state index in [0.717, 1.165) is 16.7 Å². The highest BCUT2D eigenvalue weighted by molar-refractivity contribution is 5.91. The average Bonchev–Trinajstić information content (AvgIpc) is 3.29. The van der Waals surface area contributed by atoms with Gasteiger partial charge in [0.1, 0.15) is 11.0 Å². The van der Waals surface area contributed by atoms with E-state index in [1.165, 1.54) is 0 Å². The Morgan fingerprint density at radius 2 is 2.12 bits per heavy atom. The monoisotopic (exact) mass is 355 g/mol. The number of rotatable bonds is 5. The zero-order chi connectivity index (χ0) is 18.3. The molecule has 1 aliphatic rings. The van der Waals surface area contributed by atoms with Crippen molar-refractivity contribution < 1.29 is 14.3 Å². The Labute approximate surface area is 150 Å². The van der Waals surface area contributed by atoms with Crippen molar-refractivity contribution in [2.24, 2.45) is 0 Å². The summed E-state index contributed by atoms with van der Waals surface area (Å²) in [5.41, 5.74) is 3.58. The van der Waals surface area contributed by atoms with Crippen molar-refractivity contribution in [1.82, 2.24) is 19.6 Å².